The van der Waals surface area contributed by atoms with Crippen LogP contribution in [0.1, 0.15) is 34.6 Å². The first-order chi connectivity index (χ1) is 20.2. The number of carbonyl (C=O) groups excluding carboxylic acids is 1. The Hall–Kier alpha value is -2.94. The molecule has 222 valence electrons. The fourth-order valence-electron chi connectivity index (χ4n) is 5.37. The van der Waals surface area contributed by atoms with Crippen LogP contribution in [0, 0.1) is 0 Å². The molecule has 42 heavy (non-hydrogen) atoms. The van der Waals surface area contributed by atoms with Gasteiger partial charge in [0.05, 0.1) is 6.10 Å². The minimum atomic E-state index is -2.93. The topological polar surface area (TPSA) is 54.0 Å². The lowest BCUT2D eigenvalue weighted by Gasteiger charge is -2.47. The Bertz CT molecular complexity index is 1270. The maximum atomic E-state index is 12.4. The fourth-order valence-corrected chi connectivity index (χ4v) is 10.8. The zero-order chi connectivity index (χ0) is 30.0. The number of hydrogen-bond donors (Lipinski definition) is 0. The number of rotatable bonds is 12. The summed E-state index contributed by atoms with van der Waals surface area (Å²) in [7, 11) is -2.93. The smallest absolute Gasteiger partial charge is 0.303 e. The number of hydrogen-bond acceptors (Lipinski definition) is 6. The van der Waals surface area contributed by atoms with Crippen molar-refractivity contribution in [1.29, 1.82) is 0 Å². The van der Waals surface area contributed by atoms with E-state index >= 15 is 0 Å². The van der Waals surface area contributed by atoms with Crippen molar-refractivity contribution in [3.63, 3.8) is 0 Å². The van der Waals surface area contributed by atoms with Gasteiger partial charge in [-0.05, 0) is 46.6 Å². The molecule has 0 amide bonds. The van der Waals surface area contributed by atoms with E-state index in [1.165, 1.54) is 22.2 Å². The third kappa shape index (κ3) is 7.91. The SMILES string of the molecule is CCO[C@@H]1C=C[C@H](O[Si](c2ccccc2)(c2ccccc2)C(C)(C)C)[C@@H]([C@H](/C=C/CSc2ccccc2)OC(C)=O)O1. The monoisotopic (exact) mass is 602 g/mol. The molecule has 5 nitrogen and oxygen atoms in total. The normalized spacial score (nSPS) is 20.0. The molecule has 3 aromatic rings. The molecule has 4 rings (SSSR count). The Morgan fingerprint density at radius 1 is 0.929 bits per heavy atom. The summed E-state index contributed by atoms with van der Waals surface area (Å²) in [5.74, 6) is 0.343. The van der Waals surface area contributed by atoms with Gasteiger partial charge in [0, 0.05) is 24.2 Å². The summed E-state index contributed by atoms with van der Waals surface area (Å²) in [6, 6.07) is 31.2. The van der Waals surface area contributed by atoms with E-state index in [-0.39, 0.29) is 11.0 Å². The van der Waals surface area contributed by atoms with E-state index < -0.39 is 32.9 Å². The molecular weight excluding hydrogens is 561 g/mol. The third-order valence-corrected chi connectivity index (χ3v) is 13.2. The highest BCUT2D eigenvalue weighted by atomic mass is 32.2. The van der Waals surface area contributed by atoms with E-state index in [9.17, 15) is 4.79 Å². The lowest BCUT2D eigenvalue weighted by Crippen LogP contribution is -2.69. The van der Waals surface area contributed by atoms with Crippen LogP contribution in [0.25, 0.3) is 0 Å². The van der Waals surface area contributed by atoms with Crippen LogP contribution < -0.4 is 10.4 Å². The molecule has 0 bridgehead atoms. The van der Waals surface area contributed by atoms with Crippen LogP contribution >= 0.6 is 11.8 Å². The number of carbonyl (C=O) groups is 1. The Morgan fingerprint density at radius 2 is 1.50 bits per heavy atom. The molecule has 1 aliphatic rings. The highest BCUT2D eigenvalue weighted by Crippen LogP contribution is 2.39. The van der Waals surface area contributed by atoms with Gasteiger partial charge >= 0.3 is 5.97 Å². The molecule has 0 aliphatic carbocycles. The highest BCUT2D eigenvalue weighted by molar-refractivity contribution is 7.99. The first-order valence-corrected chi connectivity index (χ1v) is 17.4. The van der Waals surface area contributed by atoms with Crippen LogP contribution in [-0.2, 0) is 23.4 Å². The minimum Gasteiger partial charge on any atom is -0.455 e. The Morgan fingerprint density at radius 3 is 2.02 bits per heavy atom. The Kier molecular flexibility index (Phi) is 11.4. The van der Waals surface area contributed by atoms with E-state index in [1.807, 2.05) is 61.6 Å². The lowest BCUT2D eigenvalue weighted by atomic mass is 10.0. The van der Waals surface area contributed by atoms with Crippen molar-refractivity contribution in [2.75, 3.05) is 12.4 Å². The first kappa shape index (κ1) is 32.0. The molecule has 0 saturated heterocycles. The van der Waals surface area contributed by atoms with E-state index in [1.54, 1.807) is 11.8 Å². The highest BCUT2D eigenvalue weighted by Gasteiger charge is 2.53. The van der Waals surface area contributed by atoms with Gasteiger partial charge in [-0.1, -0.05) is 112 Å². The van der Waals surface area contributed by atoms with Crippen molar-refractivity contribution in [3.8, 4) is 0 Å². The summed E-state index contributed by atoms with van der Waals surface area (Å²) in [4.78, 5) is 13.5. The van der Waals surface area contributed by atoms with Crippen LogP contribution in [0.4, 0.5) is 0 Å². The van der Waals surface area contributed by atoms with Gasteiger partial charge in [0.25, 0.3) is 8.32 Å². The summed E-state index contributed by atoms with van der Waals surface area (Å²) < 4.78 is 25.7. The van der Waals surface area contributed by atoms with Crippen LogP contribution in [0.5, 0.6) is 0 Å². The first-order valence-electron chi connectivity index (χ1n) is 14.5. The quantitative estimate of drug-likeness (QED) is 0.102. The van der Waals surface area contributed by atoms with E-state index in [4.69, 9.17) is 18.6 Å². The molecule has 0 unspecified atom stereocenters. The molecule has 0 radical (unpaired) electrons. The number of esters is 1. The summed E-state index contributed by atoms with van der Waals surface area (Å²) in [5.41, 5.74) is 0. The zero-order valence-electron chi connectivity index (χ0n) is 25.1. The van der Waals surface area contributed by atoms with Crippen molar-refractivity contribution >= 4 is 36.4 Å². The maximum absolute atomic E-state index is 12.4. The van der Waals surface area contributed by atoms with Crippen molar-refractivity contribution in [2.24, 2.45) is 0 Å². The van der Waals surface area contributed by atoms with Gasteiger partial charge in [0.1, 0.15) is 12.2 Å². The Labute approximate surface area is 256 Å². The third-order valence-electron chi connectivity index (χ3n) is 7.17. The lowest BCUT2D eigenvalue weighted by molar-refractivity contribution is -0.196. The van der Waals surface area contributed by atoms with E-state index in [0.29, 0.717) is 6.61 Å². The van der Waals surface area contributed by atoms with Crippen molar-refractivity contribution < 1.29 is 23.4 Å². The van der Waals surface area contributed by atoms with Crippen molar-refractivity contribution in [1.82, 2.24) is 0 Å². The van der Waals surface area contributed by atoms with Crippen LogP contribution in [0.3, 0.4) is 0 Å². The molecule has 1 aliphatic heterocycles. The molecule has 7 heteroatoms. The van der Waals surface area contributed by atoms with Gasteiger partial charge < -0.3 is 18.6 Å². The van der Waals surface area contributed by atoms with Gasteiger partial charge in [0.15, 0.2) is 6.29 Å². The summed E-state index contributed by atoms with van der Waals surface area (Å²) >= 11 is 1.71. The Balaban J connectivity index is 1.74. The van der Waals surface area contributed by atoms with E-state index in [2.05, 4.69) is 81.4 Å². The van der Waals surface area contributed by atoms with Gasteiger partial charge in [-0.15, -0.1) is 11.8 Å². The predicted octanol–water partition coefficient (Wildman–Crippen LogP) is 6.53. The number of ether oxygens (including phenoxy) is 3. The van der Waals surface area contributed by atoms with Gasteiger partial charge in [0.2, 0.25) is 0 Å². The molecule has 3 aromatic carbocycles. The van der Waals surface area contributed by atoms with Crippen molar-refractivity contribution in [3.05, 3.63) is 115 Å². The number of thioether (sulfide) groups is 1. The maximum Gasteiger partial charge on any atom is 0.303 e. The fraction of sp³-hybridized carbons (Fsp3) is 0.343. The molecule has 0 fully saturated rings. The molecule has 4 atom stereocenters. The van der Waals surface area contributed by atoms with Crippen LogP contribution in [0.2, 0.25) is 5.04 Å². The zero-order valence-corrected chi connectivity index (χ0v) is 27.0. The molecular formula is C35H42O5SSi. The van der Waals surface area contributed by atoms with Crippen molar-refractivity contribution in [2.45, 2.75) is 69.2 Å². The van der Waals surface area contributed by atoms with Gasteiger partial charge in [-0.2, -0.15) is 0 Å². The number of benzene rings is 3. The molecule has 0 N–H and O–H groups in total. The van der Waals surface area contributed by atoms with E-state index in [0.717, 1.165) is 5.75 Å². The summed E-state index contributed by atoms with van der Waals surface area (Å²) in [5, 5.41) is 2.10. The molecule has 0 spiro atoms. The summed E-state index contributed by atoms with van der Waals surface area (Å²) in [6.07, 6.45) is 5.53. The molecule has 0 aromatic heterocycles. The van der Waals surface area contributed by atoms with Crippen LogP contribution in [0.15, 0.2) is 120 Å². The van der Waals surface area contributed by atoms with Crippen LogP contribution in [-0.4, -0.2) is 51.2 Å². The standard InChI is InChI=1S/C35H42O5SSi/c1-6-37-33-25-24-32(34(39-33)31(38-27(2)36)23-16-26-41-28-17-10-7-11-18-28)40-42(35(3,4)5,29-19-12-8-13-20-29)30-21-14-9-15-22-30/h7-25,31-34H,6,26H2,1-5H3/b23-16+/t31-,32-,33-,34+/m0/s1. The average molecular weight is 603 g/mol. The minimum absolute atomic E-state index is 0.232. The second kappa shape index (κ2) is 15.0. The largest absolute Gasteiger partial charge is 0.455 e. The predicted molar refractivity (Wildman–Crippen MR) is 174 cm³/mol. The van der Waals surface area contributed by atoms with Gasteiger partial charge in [-0.25, -0.2) is 0 Å². The second-order valence-electron chi connectivity index (χ2n) is 11.2. The summed E-state index contributed by atoms with van der Waals surface area (Å²) in [6.45, 7) is 10.6. The molecule has 1 heterocycles. The van der Waals surface area contributed by atoms with Gasteiger partial charge in [-0.3, -0.25) is 4.79 Å². The molecule has 0 saturated carbocycles. The average Bonchev–Trinajstić information content (AvgIpc) is 2.99. The second-order valence-corrected chi connectivity index (χ2v) is 16.5.